The number of rotatable bonds is 4. The number of carboxylic acid groups (broad SMARTS) is 1. The summed E-state index contributed by atoms with van der Waals surface area (Å²) in [5, 5.41) is 18.9. The Bertz CT molecular complexity index is 715. The number of piperidine rings is 1. The van der Waals surface area contributed by atoms with Crippen LogP contribution in [0.2, 0.25) is 0 Å². The topological polar surface area (TPSA) is 104 Å². The van der Waals surface area contributed by atoms with Gasteiger partial charge in [0.15, 0.2) is 0 Å². The number of hydrogen-bond donors (Lipinski definition) is 2. The molecule has 1 aromatic carbocycles. The maximum absolute atomic E-state index is 12.9. The van der Waals surface area contributed by atoms with E-state index in [-0.39, 0.29) is 30.2 Å². The zero-order valence-corrected chi connectivity index (χ0v) is 14.1. The van der Waals surface area contributed by atoms with E-state index in [4.69, 9.17) is 9.84 Å². The molecule has 0 unspecified atom stereocenters. The molecule has 1 aromatic rings. The lowest BCUT2D eigenvalue weighted by Crippen LogP contribution is -2.48. The number of nitrogens with zero attached hydrogens (tertiary/aromatic N) is 1. The van der Waals surface area contributed by atoms with Gasteiger partial charge >= 0.3 is 5.97 Å². The van der Waals surface area contributed by atoms with Crippen LogP contribution in [0, 0.1) is 19.8 Å². The van der Waals surface area contributed by atoms with Gasteiger partial charge < -0.3 is 14.9 Å². The Hall–Kier alpha value is -1.64. The third-order valence-corrected chi connectivity index (χ3v) is 6.14. The van der Waals surface area contributed by atoms with Gasteiger partial charge in [-0.1, -0.05) is 0 Å². The second kappa shape index (κ2) is 6.46. The largest absolute Gasteiger partial charge is 0.495 e. The number of hydrogen-bond acceptors (Lipinski definition) is 5. The molecule has 1 saturated heterocycles. The van der Waals surface area contributed by atoms with E-state index in [9.17, 15) is 18.3 Å². The monoisotopic (exact) mass is 343 g/mol. The highest BCUT2D eigenvalue weighted by atomic mass is 32.2. The number of aliphatic hydroxyl groups excluding tert-OH is 1. The summed E-state index contributed by atoms with van der Waals surface area (Å²) in [6, 6.07) is 3.18. The van der Waals surface area contributed by atoms with E-state index in [0.29, 0.717) is 0 Å². The molecule has 0 amide bonds. The van der Waals surface area contributed by atoms with Crippen molar-refractivity contribution in [2.75, 3.05) is 20.2 Å². The van der Waals surface area contributed by atoms with Crippen LogP contribution < -0.4 is 4.74 Å². The lowest BCUT2D eigenvalue weighted by molar-refractivity contribution is -0.147. The molecular formula is C15H21NO6S. The number of carboxylic acids is 1. The Morgan fingerprint density at radius 2 is 1.91 bits per heavy atom. The number of aliphatic hydroxyl groups is 1. The average Bonchev–Trinajstić information content (AvgIpc) is 2.49. The molecule has 0 aromatic heterocycles. The first-order valence-corrected chi connectivity index (χ1v) is 8.68. The summed E-state index contributed by atoms with van der Waals surface area (Å²) in [5.41, 5.74) is 1.70. The third-order valence-electron chi connectivity index (χ3n) is 4.25. The van der Waals surface area contributed by atoms with E-state index in [2.05, 4.69) is 0 Å². The fourth-order valence-electron chi connectivity index (χ4n) is 2.63. The highest BCUT2D eigenvalue weighted by Crippen LogP contribution is 2.32. The smallest absolute Gasteiger partial charge is 0.310 e. The van der Waals surface area contributed by atoms with Crippen LogP contribution in [-0.4, -0.2) is 55.2 Å². The van der Waals surface area contributed by atoms with E-state index < -0.39 is 28.0 Å². The van der Waals surface area contributed by atoms with Crippen molar-refractivity contribution >= 4 is 16.0 Å². The molecule has 0 bridgehead atoms. The average molecular weight is 343 g/mol. The van der Waals surface area contributed by atoms with Gasteiger partial charge in [0, 0.05) is 13.1 Å². The molecule has 2 N–H and O–H groups in total. The van der Waals surface area contributed by atoms with Gasteiger partial charge in [0.25, 0.3) is 0 Å². The van der Waals surface area contributed by atoms with Gasteiger partial charge in [0.1, 0.15) is 10.6 Å². The molecule has 0 radical (unpaired) electrons. The Morgan fingerprint density at radius 1 is 1.30 bits per heavy atom. The Kier molecular flexibility index (Phi) is 4.98. The van der Waals surface area contributed by atoms with Crippen molar-refractivity contribution in [3.05, 3.63) is 23.3 Å². The van der Waals surface area contributed by atoms with Gasteiger partial charge in [0.2, 0.25) is 10.0 Å². The van der Waals surface area contributed by atoms with Gasteiger partial charge in [-0.15, -0.1) is 0 Å². The zero-order chi connectivity index (χ0) is 17.4. The summed E-state index contributed by atoms with van der Waals surface area (Å²) >= 11 is 0. The van der Waals surface area contributed by atoms with Crippen LogP contribution in [0.5, 0.6) is 5.75 Å². The minimum atomic E-state index is -3.90. The first kappa shape index (κ1) is 17.7. The van der Waals surface area contributed by atoms with E-state index in [1.165, 1.54) is 13.2 Å². The Morgan fingerprint density at radius 3 is 2.48 bits per heavy atom. The number of carbonyl (C=O) groups is 1. The van der Waals surface area contributed by atoms with Crippen LogP contribution in [0.4, 0.5) is 0 Å². The van der Waals surface area contributed by atoms with Crippen molar-refractivity contribution in [2.45, 2.75) is 31.3 Å². The van der Waals surface area contributed by atoms with Crippen molar-refractivity contribution < 1.29 is 28.2 Å². The molecule has 1 aliphatic heterocycles. The molecule has 1 fully saturated rings. The van der Waals surface area contributed by atoms with Gasteiger partial charge in [-0.3, -0.25) is 4.79 Å². The number of ether oxygens (including phenoxy) is 1. The number of aryl methyl sites for hydroxylation is 2. The molecule has 0 spiro atoms. The summed E-state index contributed by atoms with van der Waals surface area (Å²) in [6.45, 7) is 3.47. The van der Waals surface area contributed by atoms with Gasteiger partial charge in [-0.2, -0.15) is 4.31 Å². The quantitative estimate of drug-likeness (QED) is 0.837. The normalized spacial score (nSPS) is 22.8. The predicted molar refractivity (Wildman–Crippen MR) is 83.0 cm³/mol. The first-order valence-electron chi connectivity index (χ1n) is 7.24. The summed E-state index contributed by atoms with van der Waals surface area (Å²) in [4.78, 5) is 11.2. The molecular weight excluding hydrogens is 322 g/mol. The van der Waals surface area contributed by atoms with Crippen LogP contribution in [-0.2, 0) is 14.8 Å². The summed E-state index contributed by atoms with van der Waals surface area (Å²) < 4.78 is 32.0. The van der Waals surface area contributed by atoms with Gasteiger partial charge in [-0.05, 0) is 43.5 Å². The number of benzene rings is 1. The van der Waals surface area contributed by atoms with E-state index >= 15 is 0 Å². The zero-order valence-electron chi connectivity index (χ0n) is 13.3. The minimum absolute atomic E-state index is 0.0172. The number of methoxy groups -OCH3 is 1. The molecule has 2 rings (SSSR count). The van der Waals surface area contributed by atoms with Crippen LogP contribution in [0.25, 0.3) is 0 Å². The minimum Gasteiger partial charge on any atom is -0.495 e. The fraction of sp³-hybridized carbons (Fsp3) is 0.533. The second-order valence-electron chi connectivity index (χ2n) is 5.75. The lowest BCUT2D eigenvalue weighted by Gasteiger charge is -2.33. The molecule has 2 atom stereocenters. The highest BCUT2D eigenvalue weighted by molar-refractivity contribution is 7.89. The van der Waals surface area contributed by atoms with E-state index in [1.54, 1.807) is 13.0 Å². The number of aliphatic carboxylic acids is 1. The van der Waals surface area contributed by atoms with Crippen molar-refractivity contribution in [3.63, 3.8) is 0 Å². The van der Waals surface area contributed by atoms with Crippen LogP contribution >= 0.6 is 0 Å². The molecule has 0 saturated carbocycles. The second-order valence-corrected chi connectivity index (χ2v) is 7.66. The van der Waals surface area contributed by atoms with Crippen molar-refractivity contribution in [1.82, 2.24) is 4.31 Å². The third kappa shape index (κ3) is 3.34. The van der Waals surface area contributed by atoms with Crippen molar-refractivity contribution in [1.29, 1.82) is 0 Å². The SMILES string of the molecule is COc1cc(C)c(C)cc1S(=O)(=O)N1CC[C@H](O)[C@@H](C(=O)O)C1. The molecule has 7 nitrogen and oxygen atoms in total. The Balaban J connectivity index is 2.43. The van der Waals surface area contributed by atoms with E-state index in [1.807, 2.05) is 6.92 Å². The lowest BCUT2D eigenvalue weighted by atomic mass is 9.96. The highest BCUT2D eigenvalue weighted by Gasteiger charge is 2.39. The molecule has 0 aliphatic carbocycles. The maximum Gasteiger partial charge on any atom is 0.310 e. The fourth-order valence-corrected chi connectivity index (χ4v) is 4.34. The van der Waals surface area contributed by atoms with Crippen molar-refractivity contribution in [3.8, 4) is 5.75 Å². The Labute approximate surface area is 135 Å². The maximum atomic E-state index is 12.9. The van der Waals surface area contributed by atoms with E-state index in [0.717, 1.165) is 15.4 Å². The van der Waals surface area contributed by atoms with Gasteiger partial charge in [0.05, 0.1) is 19.1 Å². The summed E-state index contributed by atoms with van der Waals surface area (Å²) in [5.74, 6) is -2.10. The molecule has 128 valence electrons. The number of sulfonamides is 1. The molecule has 23 heavy (non-hydrogen) atoms. The summed E-state index contributed by atoms with van der Waals surface area (Å²) in [7, 11) is -2.51. The van der Waals surface area contributed by atoms with Crippen LogP contribution in [0.15, 0.2) is 17.0 Å². The summed E-state index contributed by atoms with van der Waals surface area (Å²) in [6.07, 6.45) is -0.954. The molecule has 8 heteroatoms. The molecule has 1 aliphatic rings. The van der Waals surface area contributed by atoms with Crippen LogP contribution in [0.3, 0.4) is 0 Å². The van der Waals surface area contributed by atoms with Crippen molar-refractivity contribution in [2.24, 2.45) is 5.92 Å². The van der Waals surface area contributed by atoms with Crippen LogP contribution in [0.1, 0.15) is 17.5 Å². The predicted octanol–water partition coefficient (Wildman–Crippen LogP) is 0.768. The van der Waals surface area contributed by atoms with Gasteiger partial charge in [-0.25, -0.2) is 8.42 Å². The molecule has 1 heterocycles. The standard InChI is InChI=1S/C15H21NO6S/c1-9-6-13(22-3)14(7-10(9)2)23(20,21)16-5-4-12(17)11(8-16)15(18)19/h6-7,11-12,17H,4-5,8H2,1-3H3,(H,18,19)/t11-,12-/m0/s1. The first-order chi connectivity index (χ1) is 10.7.